The van der Waals surface area contributed by atoms with Gasteiger partial charge in [-0.05, 0) is 28.7 Å². The molecular formula is C6H8IN3O. The third kappa shape index (κ3) is 2.58. The number of nitrogens with two attached hydrogens (primary N) is 1. The quantitative estimate of drug-likeness (QED) is 0.635. The second-order valence-corrected chi connectivity index (χ2v) is 3.08. The lowest BCUT2D eigenvalue weighted by atomic mass is 10.4. The number of hydrogen-bond acceptors (Lipinski definition) is 4. The number of aromatic nitrogens is 2. The molecule has 0 bridgehead atoms. The Labute approximate surface area is 78.3 Å². The predicted octanol–water partition coefficient (Wildman–Crippen LogP) is 0.810. The van der Waals surface area contributed by atoms with Gasteiger partial charge in [-0.1, -0.05) is 0 Å². The minimum atomic E-state index is 0.295. The summed E-state index contributed by atoms with van der Waals surface area (Å²) >= 11 is 2.08. The SMILES string of the molecule is COCc1cc(I)nc(N)n1. The Morgan fingerprint density at radius 1 is 1.64 bits per heavy atom. The Balaban J connectivity index is 2.89. The second kappa shape index (κ2) is 3.82. The first-order valence-electron chi connectivity index (χ1n) is 3.00. The van der Waals surface area contributed by atoms with Crippen LogP contribution in [0.2, 0.25) is 0 Å². The summed E-state index contributed by atoms with van der Waals surface area (Å²) in [5.74, 6) is 0.295. The van der Waals surface area contributed by atoms with E-state index in [9.17, 15) is 0 Å². The van der Waals surface area contributed by atoms with Crippen LogP contribution in [0.3, 0.4) is 0 Å². The van der Waals surface area contributed by atoms with Crippen LogP contribution in [0.4, 0.5) is 5.95 Å². The van der Waals surface area contributed by atoms with E-state index in [-0.39, 0.29) is 0 Å². The zero-order valence-corrected chi connectivity index (χ0v) is 8.20. The van der Waals surface area contributed by atoms with Crippen molar-refractivity contribution in [1.82, 2.24) is 9.97 Å². The van der Waals surface area contributed by atoms with E-state index < -0.39 is 0 Å². The van der Waals surface area contributed by atoms with Crippen molar-refractivity contribution in [1.29, 1.82) is 0 Å². The lowest BCUT2D eigenvalue weighted by molar-refractivity contribution is 0.181. The number of ether oxygens (including phenoxy) is 1. The van der Waals surface area contributed by atoms with Gasteiger partial charge in [0.25, 0.3) is 0 Å². The van der Waals surface area contributed by atoms with E-state index in [1.54, 1.807) is 7.11 Å². The third-order valence-electron chi connectivity index (χ3n) is 1.06. The maximum atomic E-state index is 5.41. The number of methoxy groups -OCH3 is 1. The van der Waals surface area contributed by atoms with Crippen LogP contribution in [0.1, 0.15) is 5.69 Å². The van der Waals surface area contributed by atoms with Crippen molar-refractivity contribution in [3.05, 3.63) is 15.5 Å². The fourth-order valence-corrected chi connectivity index (χ4v) is 1.31. The first-order valence-corrected chi connectivity index (χ1v) is 4.08. The lowest BCUT2D eigenvalue weighted by Crippen LogP contribution is -2.01. The molecule has 0 amide bonds. The lowest BCUT2D eigenvalue weighted by Gasteiger charge is -1.99. The Bertz CT molecular complexity index is 233. The van der Waals surface area contributed by atoms with Crippen LogP contribution in [0.5, 0.6) is 0 Å². The van der Waals surface area contributed by atoms with Gasteiger partial charge in [-0.15, -0.1) is 0 Å². The van der Waals surface area contributed by atoms with E-state index in [0.29, 0.717) is 12.6 Å². The molecule has 60 valence electrons. The van der Waals surface area contributed by atoms with Gasteiger partial charge in [0, 0.05) is 7.11 Å². The van der Waals surface area contributed by atoms with Crippen LogP contribution in [0, 0.1) is 3.70 Å². The first kappa shape index (κ1) is 8.66. The fourth-order valence-electron chi connectivity index (χ4n) is 0.705. The maximum absolute atomic E-state index is 5.41. The van der Waals surface area contributed by atoms with Crippen LogP contribution < -0.4 is 5.73 Å². The highest BCUT2D eigenvalue weighted by molar-refractivity contribution is 14.1. The summed E-state index contributed by atoms with van der Waals surface area (Å²) in [7, 11) is 1.62. The van der Waals surface area contributed by atoms with Crippen molar-refractivity contribution < 1.29 is 4.74 Å². The van der Waals surface area contributed by atoms with Gasteiger partial charge >= 0.3 is 0 Å². The molecule has 0 aliphatic heterocycles. The fraction of sp³-hybridized carbons (Fsp3) is 0.333. The van der Waals surface area contributed by atoms with Gasteiger partial charge in [0.2, 0.25) is 5.95 Å². The van der Waals surface area contributed by atoms with Crippen LogP contribution in [0.25, 0.3) is 0 Å². The standard InChI is InChI=1S/C6H8IN3O/c1-11-3-4-2-5(7)10-6(8)9-4/h2H,3H2,1H3,(H2,8,9,10). The molecule has 0 saturated carbocycles. The van der Waals surface area contributed by atoms with Crippen LogP contribution in [-0.2, 0) is 11.3 Å². The Morgan fingerprint density at radius 3 is 2.91 bits per heavy atom. The van der Waals surface area contributed by atoms with Gasteiger partial charge in [0.15, 0.2) is 0 Å². The Kier molecular flexibility index (Phi) is 3.01. The van der Waals surface area contributed by atoms with E-state index in [1.165, 1.54) is 0 Å². The van der Waals surface area contributed by atoms with Crippen molar-refractivity contribution in [3.63, 3.8) is 0 Å². The molecule has 1 heterocycles. The van der Waals surface area contributed by atoms with Crippen molar-refractivity contribution in [2.24, 2.45) is 0 Å². The number of halogens is 1. The summed E-state index contributed by atoms with van der Waals surface area (Å²) in [5, 5.41) is 0. The molecule has 2 N–H and O–H groups in total. The van der Waals surface area contributed by atoms with E-state index in [0.717, 1.165) is 9.39 Å². The summed E-state index contributed by atoms with van der Waals surface area (Å²) in [6, 6.07) is 1.83. The van der Waals surface area contributed by atoms with Gasteiger partial charge in [-0.3, -0.25) is 0 Å². The van der Waals surface area contributed by atoms with Gasteiger partial charge in [-0.2, -0.15) is 0 Å². The summed E-state index contributed by atoms with van der Waals surface area (Å²) in [4.78, 5) is 7.87. The molecule has 0 saturated heterocycles. The van der Waals surface area contributed by atoms with Gasteiger partial charge in [0.1, 0.15) is 3.70 Å². The normalized spacial score (nSPS) is 10.0. The van der Waals surface area contributed by atoms with Crippen molar-refractivity contribution in [3.8, 4) is 0 Å². The number of anilines is 1. The van der Waals surface area contributed by atoms with Crippen molar-refractivity contribution >= 4 is 28.5 Å². The van der Waals surface area contributed by atoms with Gasteiger partial charge in [0.05, 0.1) is 12.3 Å². The average Bonchev–Trinajstić information content (AvgIpc) is 1.85. The molecule has 4 nitrogen and oxygen atoms in total. The number of nitrogens with zero attached hydrogens (tertiary/aromatic N) is 2. The molecule has 0 unspecified atom stereocenters. The molecular weight excluding hydrogens is 257 g/mol. The highest BCUT2D eigenvalue weighted by atomic mass is 127. The molecule has 0 spiro atoms. The van der Waals surface area contributed by atoms with Crippen molar-refractivity contribution in [2.75, 3.05) is 12.8 Å². The second-order valence-electron chi connectivity index (χ2n) is 1.97. The molecule has 1 rings (SSSR count). The smallest absolute Gasteiger partial charge is 0.221 e. The van der Waals surface area contributed by atoms with Crippen LogP contribution in [-0.4, -0.2) is 17.1 Å². The van der Waals surface area contributed by atoms with Gasteiger partial charge in [-0.25, -0.2) is 9.97 Å². The molecule has 5 heteroatoms. The minimum Gasteiger partial charge on any atom is -0.378 e. The Morgan fingerprint density at radius 2 is 2.36 bits per heavy atom. The predicted molar refractivity (Wildman–Crippen MR) is 49.9 cm³/mol. The summed E-state index contributed by atoms with van der Waals surface area (Å²) in [6.45, 7) is 0.475. The van der Waals surface area contributed by atoms with E-state index >= 15 is 0 Å². The molecule has 0 atom stereocenters. The topological polar surface area (TPSA) is 61.0 Å². The third-order valence-corrected chi connectivity index (χ3v) is 1.61. The highest BCUT2D eigenvalue weighted by Gasteiger charge is 1.98. The van der Waals surface area contributed by atoms with Crippen molar-refractivity contribution in [2.45, 2.75) is 6.61 Å². The summed E-state index contributed by atoms with van der Waals surface area (Å²) < 4.78 is 5.72. The monoisotopic (exact) mass is 265 g/mol. The zero-order chi connectivity index (χ0) is 8.27. The van der Waals surface area contributed by atoms with E-state index in [4.69, 9.17) is 10.5 Å². The first-order chi connectivity index (χ1) is 5.22. The molecule has 0 radical (unpaired) electrons. The highest BCUT2D eigenvalue weighted by Crippen LogP contribution is 2.05. The minimum absolute atomic E-state index is 0.295. The maximum Gasteiger partial charge on any atom is 0.221 e. The number of rotatable bonds is 2. The molecule has 11 heavy (non-hydrogen) atoms. The average molecular weight is 265 g/mol. The Hall–Kier alpha value is -0.430. The van der Waals surface area contributed by atoms with E-state index in [1.807, 2.05) is 6.07 Å². The molecule has 1 aromatic heterocycles. The number of hydrogen-bond donors (Lipinski definition) is 1. The molecule has 0 aromatic carbocycles. The molecule has 0 aliphatic carbocycles. The summed E-state index contributed by atoms with van der Waals surface area (Å²) in [6.07, 6.45) is 0. The molecule has 0 aliphatic rings. The number of nitrogen functional groups attached to an aromatic ring is 1. The summed E-state index contributed by atoms with van der Waals surface area (Å²) in [5.41, 5.74) is 6.22. The zero-order valence-electron chi connectivity index (χ0n) is 6.04. The molecule has 0 fully saturated rings. The molecule has 1 aromatic rings. The van der Waals surface area contributed by atoms with Crippen LogP contribution >= 0.6 is 22.6 Å². The van der Waals surface area contributed by atoms with E-state index in [2.05, 4.69) is 32.6 Å². The largest absolute Gasteiger partial charge is 0.378 e. The van der Waals surface area contributed by atoms with Gasteiger partial charge < -0.3 is 10.5 Å². The van der Waals surface area contributed by atoms with Crippen LogP contribution in [0.15, 0.2) is 6.07 Å².